The quantitative estimate of drug-likeness (QED) is 0.646. The van der Waals surface area contributed by atoms with Crippen LogP contribution in [0, 0.1) is 6.92 Å². The summed E-state index contributed by atoms with van der Waals surface area (Å²) in [6.07, 6.45) is 0. The molecule has 2 aromatic carbocycles. The number of halogens is 1. The van der Waals surface area contributed by atoms with E-state index in [1.807, 2.05) is 55.5 Å². The minimum Gasteiger partial charge on any atom is -0.380 e. The molecule has 0 fully saturated rings. The van der Waals surface area contributed by atoms with Crippen molar-refractivity contribution in [1.82, 2.24) is 4.98 Å². The molecule has 0 spiro atoms. The molecule has 1 amide bonds. The number of hydrogen-bond donors (Lipinski definition) is 3. The summed E-state index contributed by atoms with van der Waals surface area (Å²) >= 11 is 5.91. The number of benzene rings is 2. The topological polar surface area (TPSA) is 70.9 Å². The van der Waals surface area contributed by atoms with Gasteiger partial charge in [0.15, 0.2) is 0 Å². The summed E-state index contributed by atoms with van der Waals surface area (Å²) < 4.78 is 0. The van der Waals surface area contributed by atoms with E-state index in [0.29, 0.717) is 12.1 Å². The Bertz CT molecular complexity index is 869. The third-order valence-electron chi connectivity index (χ3n) is 3.89. The van der Waals surface area contributed by atoms with Crippen LogP contribution < -0.4 is 11.1 Å². The van der Waals surface area contributed by atoms with Gasteiger partial charge in [-0.05, 0) is 36.8 Å². The van der Waals surface area contributed by atoms with Crippen molar-refractivity contribution < 1.29 is 4.79 Å². The molecule has 0 atom stereocenters. The van der Waals surface area contributed by atoms with Crippen molar-refractivity contribution >= 4 is 23.2 Å². The molecule has 0 aliphatic heterocycles. The number of aromatic nitrogens is 1. The standard InChI is InChI=1S/C19H18ClN3O/c1-12-16(19(21)24)10-18(23-12)15-4-2-3-5-17(15)22-11-13-6-8-14(20)9-7-13/h2-10,22-23H,11H2,1H3,(H2,21,24). The van der Waals surface area contributed by atoms with Crippen LogP contribution in [0.4, 0.5) is 5.69 Å². The number of aryl methyl sites for hydroxylation is 1. The second-order valence-corrected chi connectivity index (χ2v) is 6.05. The molecule has 1 aromatic heterocycles. The highest BCUT2D eigenvalue weighted by atomic mass is 35.5. The number of carbonyl (C=O) groups excluding carboxylic acids is 1. The maximum atomic E-state index is 11.5. The number of nitrogens with two attached hydrogens (primary N) is 1. The molecule has 24 heavy (non-hydrogen) atoms. The van der Waals surface area contributed by atoms with Crippen LogP contribution in [0.3, 0.4) is 0 Å². The van der Waals surface area contributed by atoms with Gasteiger partial charge in [0.25, 0.3) is 5.91 Å². The van der Waals surface area contributed by atoms with Crippen LogP contribution in [0.25, 0.3) is 11.3 Å². The molecule has 0 radical (unpaired) electrons. The number of H-pyrrole nitrogens is 1. The van der Waals surface area contributed by atoms with Gasteiger partial charge < -0.3 is 16.0 Å². The smallest absolute Gasteiger partial charge is 0.250 e. The normalized spacial score (nSPS) is 10.6. The van der Waals surface area contributed by atoms with Crippen LogP contribution >= 0.6 is 11.6 Å². The van der Waals surface area contributed by atoms with E-state index in [9.17, 15) is 4.79 Å². The van der Waals surface area contributed by atoms with Crippen LogP contribution in [0.1, 0.15) is 21.6 Å². The lowest BCUT2D eigenvalue weighted by Crippen LogP contribution is -2.10. The van der Waals surface area contributed by atoms with E-state index in [4.69, 9.17) is 17.3 Å². The number of aromatic amines is 1. The number of carbonyl (C=O) groups is 1. The number of rotatable bonds is 5. The molecule has 4 N–H and O–H groups in total. The summed E-state index contributed by atoms with van der Waals surface area (Å²) in [7, 11) is 0. The van der Waals surface area contributed by atoms with Crippen molar-refractivity contribution in [2.75, 3.05) is 5.32 Å². The Kier molecular flexibility index (Phi) is 4.58. The van der Waals surface area contributed by atoms with Gasteiger partial charge in [-0.3, -0.25) is 4.79 Å². The molecule has 3 aromatic rings. The fraction of sp³-hybridized carbons (Fsp3) is 0.105. The maximum Gasteiger partial charge on any atom is 0.250 e. The Hall–Kier alpha value is -2.72. The zero-order chi connectivity index (χ0) is 17.1. The molecule has 0 bridgehead atoms. The van der Waals surface area contributed by atoms with Crippen LogP contribution in [0.2, 0.25) is 5.02 Å². The first-order chi connectivity index (χ1) is 11.5. The Morgan fingerprint density at radius 1 is 1.17 bits per heavy atom. The Morgan fingerprint density at radius 3 is 2.54 bits per heavy atom. The van der Waals surface area contributed by atoms with Gasteiger partial charge in [0.05, 0.1) is 5.56 Å². The lowest BCUT2D eigenvalue weighted by molar-refractivity contribution is 0.1000. The molecular formula is C19H18ClN3O. The highest BCUT2D eigenvalue weighted by Crippen LogP contribution is 2.29. The third kappa shape index (κ3) is 3.44. The van der Waals surface area contributed by atoms with Crippen molar-refractivity contribution in [3.05, 3.63) is 76.4 Å². The Labute approximate surface area is 145 Å². The number of hydrogen-bond acceptors (Lipinski definition) is 2. The SMILES string of the molecule is Cc1[nH]c(-c2ccccc2NCc2ccc(Cl)cc2)cc1C(N)=O. The zero-order valence-electron chi connectivity index (χ0n) is 13.3. The van der Waals surface area contributed by atoms with Crippen LogP contribution in [-0.4, -0.2) is 10.9 Å². The van der Waals surface area contributed by atoms with Gasteiger partial charge in [-0.2, -0.15) is 0 Å². The largest absolute Gasteiger partial charge is 0.380 e. The third-order valence-corrected chi connectivity index (χ3v) is 4.15. The number of primary amides is 1. The van der Waals surface area contributed by atoms with Crippen LogP contribution in [-0.2, 0) is 6.54 Å². The predicted molar refractivity (Wildman–Crippen MR) is 98.3 cm³/mol. The molecular weight excluding hydrogens is 322 g/mol. The molecule has 0 saturated carbocycles. The minimum atomic E-state index is -0.429. The predicted octanol–water partition coefficient (Wildman–Crippen LogP) is 4.35. The summed E-state index contributed by atoms with van der Waals surface area (Å²) in [5, 5.41) is 4.15. The Balaban J connectivity index is 1.86. The van der Waals surface area contributed by atoms with Gasteiger partial charge in [0.2, 0.25) is 0 Å². The summed E-state index contributed by atoms with van der Waals surface area (Å²) in [6, 6.07) is 17.5. The summed E-state index contributed by atoms with van der Waals surface area (Å²) in [5.74, 6) is -0.429. The van der Waals surface area contributed by atoms with Gasteiger partial charge in [0, 0.05) is 34.2 Å². The molecule has 0 aliphatic carbocycles. The second-order valence-electron chi connectivity index (χ2n) is 5.61. The first kappa shape index (κ1) is 16.1. The van der Waals surface area contributed by atoms with E-state index < -0.39 is 5.91 Å². The highest BCUT2D eigenvalue weighted by molar-refractivity contribution is 6.30. The van der Waals surface area contributed by atoms with Crippen molar-refractivity contribution in [3.8, 4) is 11.3 Å². The number of anilines is 1. The average molecular weight is 340 g/mol. The zero-order valence-corrected chi connectivity index (χ0v) is 14.0. The van der Waals surface area contributed by atoms with E-state index >= 15 is 0 Å². The van der Waals surface area contributed by atoms with Crippen molar-refractivity contribution in [1.29, 1.82) is 0 Å². The van der Waals surface area contributed by atoms with Crippen molar-refractivity contribution in [2.24, 2.45) is 5.73 Å². The summed E-state index contributed by atoms with van der Waals surface area (Å²) in [5.41, 5.74) is 10.6. The molecule has 0 saturated heterocycles. The molecule has 3 rings (SSSR count). The molecule has 122 valence electrons. The van der Waals surface area contributed by atoms with Crippen molar-refractivity contribution in [2.45, 2.75) is 13.5 Å². The van der Waals surface area contributed by atoms with Gasteiger partial charge in [-0.25, -0.2) is 0 Å². The van der Waals surface area contributed by atoms with Crippen molar-refractivity contribution in [3.63, 3.8) is 0 Å². The van der Waals surface area contributed by atoms with Gasteiger partial charge in [0.1, 0.15) is 0 Å². The van der Waals surface area contributed by atoms with E-state index in [0.717, 1.165) is 33.2 Å². The minimum absolute atomic E-state index is 0.429. The summed E-state index contributed by atoms with van der Waals surface area (Å²) in [6.45, 7) is 2.52. The average Bonchev–Trinajstić information content (AvgIpc) is 2.96. The van der Waals surface area contributed by atoms with Gasteiger partial charge >= 0.3 is 0 Å². The van der Waals surface area contributed by atoms with E-state index in [1.54, 1.807) is 6.07 Å². The maximum absolute atomic E-state index is 11.5. The molecule has 0 unspecified atom stereocenters. The van der Waals surface area contributed by atoms with Crippen LogP contribution in [0.5, 0.6) is 0 Å². The van der Waals surface area contributed by atoms with E-state index in [-0.39, 0.29) is 0 Å². The number of nitrogens with one attached hydrogen (secondary N) is 2. The highest BCUT2D eigenvalue weighted by Gasteiger charge is 2.13. The first-order valence-electron chi connectivity index (χ1n) is 7.61. The molecule has 4 nitrogen and oxygen atoms in total. The lowest BCUT2D eigenvalue weighted by atomic mass is 10.1. The Morgan fingerprint density at radius 2 is 1.88 bits per heavy atom. The lowest BCUT2D eigenvalue weighted by Gasteiger charge is -2.11. The van der Waals surface area contributed by atoms with Crippen LogP contribution in [0.15, 0.2) is 54.6 Å². The second kappa shape index (κ2) is 6.81. The van der Waals surface area contributed by atoms with E-state index in [1.165, 1.54) is 0 Å². The number of amides is 1. The fourth-order valence-electron chi connectivity index (χ4n) is 2.63. The fourth-order valence-corrected chi connectivity index (χ4v) is 2.76. The molecule has 0 aliphatic rings. The summed E-state index contributed by atoms with van der Waals surface area (Å²) in [4.78, 5) is 14.7. The molecule has 5 heteroatoms. The monoisotopic (exact) mass is 339 g/mol. The van der Waals surface area contributed by atoms with E-state index in [2.05, 4.69) is 10.3 Å². The van der Waals surface area contributed by atoms with Gasteiger partial charge in [-0.1, -0.05) is 41.9 Å². The van der Waals surface area contributed by atoms with Gasteiger partial charge in [-0.15, -0.1) is 0 Å². The number of para-hydroxylation sites is 1. The first-order valence-corrected chi connectivity index (χ1v) is 7.99. The molecule has 1 heterocycles.